The van der Waals surface area contributed by atoms with Gasteiger partial charge in [-0.25, -0.2) is 0 Å². The third kappa shape index (κ3) is 1.66. The summed E-state index contributed by atoms with van der Waals surface area (Å²) in [6.45, 7) is 0. The van der Waals surface area contributed by atoms with Crippen LogP contribution in [0.15, 0.2) is 18.5 Å². The van der Waals surface area contributed by atoms with Crippen LogP contribution in [0.4, 0.5) is 0 Å². The molecule has 0 aromatic carbocycles. The Labute approximate surface area is 106 Å². The quantitative estimate of drug-likeness (QED) is 0.807. The molecule has 2 aliphatic heterocycles. The first-order chi connectivity index (χ1) is 8.75. The van der Waals surface area contributed by atoms with Crippen molar-refractivity contribution in [3.05, 3.63) is 29.6 Å². The molecule has 90 valence electrons. The van der Waals surface area contributed by atoms with Gasteiger partial charge in [0.2, 0.25) is 0 Å². The van der Waals surface area contributed by atoms with Gasteiger partial charge in [-0.15, -0.1) is 0 Å². The molecule has 4 nitrogen and oxygen atoms in total. The number of nitriles is 2. The van der Waals surface area contributed by atoms with Crippen molar-refractivity contribution < 1.29 is 0 Å². The summed E-state index contributed by atoms with van der Waals surface area (Å²) in [5, 5.41) is 22.1. The minimum atomic E-state index is -0.461. The Bertz CT molecular complexity index is 540. The summed E-state index contributed by atoms with van der Waals surface area (Å²) in [4.78, 5) is 4.10. The SMILES string of the molecule is N#Cc1cncc(C2(C#N)CC3CCC(C2)N3)c1. The third-order valence-electron chi connectivity index (χ3n) is 4.16. The van der Waals surface area contributed by atoms with E-state index >= 15 is 0 Å². The summed E-state index contributed by atoms with van der Waals surface area (Å²) in [6.07, 6.45) is 7.26. The van der Waals surface area contributed by atoms with Crippen molar-refractivity contribution in [3.8, 4) is 12.1 Å². The summed E-state index contributed by atoms with van der Waals surface area (Å²) >= 11 is 0. The molecule has 2 unspecified atom stereocenters. The topological polar surface area (TPSA) is 72.5 Å². The smallest absolute Gasteiger partial charge is 0.101 e. The number of piperidine rings is 1. The Morgan fingerprint density at radius 2 is 1.94 bits per heavy atom. The highest BCUT2D eigenvalue weighted by Gasteiger charge is 2.45. The van der Waals surface area contributed by atoms with Crippen LogP contribution in [0.5, 0.6) is 0 Å². The Morgan fingerprint density at radius 1 is 1.22 bits per heavy atom. The number of nitrogens with zero attached hydrogens (tertiary/aromatic N) is 3. The van der Waals surface area contributed by atoms with E-state index in [2.05, 4.69) is 22.4 Å². The van der Waals surface area contributed by atoms with Crippen molar-refractivity contribution in [1.82, 2.24) is 10.3 Å². The molecular weight excluding hydrogens is 224 g/mol. The number of nitrogens with one attached hydrogen (secondary N) is 1. The zero-order valence-corrected chi connectivity index (χ0v) is 10.1. The lowest BCUT2D eigenvalue weighted by Gasteiger charge is -2.36. The number of aromatic nitrogens is 1. The molecule has 0 aliphatic carbocycles. The Morgan fingerprint density at radius 3 is 2.56 bits per heavy atom. The van der Waals surface area contributed by atoms with Crippen LogP contribution in [0.3, 0.4) is 0 Å². The van der Waals surface area contributed by atoms with Crippen molar-refractivity contribution in [2.75, 3.05) is 0 Å². The average Bonchev–Trinajstić information content (AvgIpc) is 2.78. The minimum Gasteiger partial charge on any atom is -0.311 e. The lowest BCUT2D eigenvalue weighted by Crippen LogP contribution is -2.46. The predicted molar refractivity (Wildman–Crippen MR) is 65.4 cm³/mol. The van der Waals surface area contributed by atoms with Crippen LogP contribution < -0.4 is 5.32 Å². The first-order valence-corrected chi connectivity index (χ1v) is 6.29. The summed E-state index contributed by atoms with van der Waals surface area (Å²) in [6, 6.07) is 7.29. The molecule has 2 bridgehead atoms. The van der Waals surface area contributed by atoms with Gasteiger partial charge in [0, 0.05) is 24.5 Å². The van der Waals surface area contributed by atoms with Crippen LogP contribution in [-0.2, 0) is 5.41 Å². The molecule has 1 N–H and O–H groups in total. The lowest BCUT2D eigenvalue weighted by atomic mass is 9.72. The molecule has 1 aromatic rings. The van der Waals surface area contributed by atoms with Gasteiger partial charge in [0.05, 0.1) is 17.0 Å². The van der Waals surface area contributed by atoms with E-state index in [4.69, 9.17) is 5.26 Å². The molecule has 4 heteroatoms. The van der Waals surface area contributed by atoms with Crippen LogP contribution in [0.1, 0.15) is 36.8 Å². The van der Waals surface area contributed by atoms with Crippen LogP contribution in [0, 0.1) is 22.7 Å². The predicted octanol–water partition coefficient (Wildman–Crippen LogP) is 1.63. The van der Waals surface area contributed by atoms with Gasteiger partial charge in [0.15, 0.2) is 0 Å². The maximum absolute atomic E-state index is 9.63. The number of pyridine rings is 1. The van der Waals surface area contributed by atoms with Crippen molar-refractivity contribution in [3.63, 3.8) is 0 Å². The van der Waals surface area contributed by atoms with Gasteiger partial charge < -0.3 is 5.32 Å². The highest BCUT2D eigenvalue weighted by atomic mass is 15.0. The molecule has 0 amide bonds. The number of fused-ring (bicyclic) bond motifs is 2. The molecule has 2 aliphatic rings. The molecule has 3 heterocycles. The third-order valence-corrected chi connectivity index (χ3v) is 4.16. The zero-order chi connectivity index (χ0) is 12.6. The highest BCUT2D eigenvalue weighted by Crippen LogP contribution is 2.42. The van der Waals surface area contributed by atoms with Crippen molar-refractivity contribution in [2.24, 2.45) is 0 Å². The lowest BCUT2D eigenvalue weighted by molar-refractivity contribution is 0.304. The van der Waals surface area contributed by atoms with E-state index in [1.807, 2.05) is 6.07 Å². The summed E-state index contributed by atoms with van der Waals surface area (Å²) < 4.78 is 0. The average molecular weight is 238 g/mol. The van der Waals surface area contributed by atoms with Crippen LogP contribution in [-0.4, -0.2) is 17.1 Å². The van der Waals surface area contributed by atoms with Gasteiger partial charge in [0.25, 0.3) is 0 Å². The molecule has 0 radical (unpaired) electrons. The van der Waals surface area contributed by atoms with Gasteiger partial charge in [-0.2, -0.15) is 10.5 Å². The first kappa shape index (κ1) is 11.2. The molecule has 0 spiro atoms. The summed E-state index contributed by atoms with van der Waals surface area (Å²) in [5.74, 6) is 0. The Kier molecular flexibility index (Phi) is 2.54. The fraction of sp³-hybridized carbons (Fsp3) is 0.500. The van der Waals surface area contributed by atoms with E-state index in [0.717, 1.165) is 31.2 Å². The fourth-order valence-electron chi connectivity index (χ4n) is 3.30. The summed E-state index contributed by atoms with van der Waals surface area (Å²) in [5.41, 5.74) is 0.979. The van der Waals surface area contributed by atoms with Gasteiger partial charge in [-0.1, -0.05) is 0 Å². The van der Waals surface area contributed by atoms with Gasteiger partial charge in [-0.05, 0) is 37.3 Å². The fourth-order valence-corrected chi connectivity index (χ4v) is 3.30. The molecule has 18 heavy (non-hydrogen) atoms. The van der Waals surface area contributed by atoms with E-state index in [1.54, 1.807) is 12.4 Å². The van der Waals surface area contributed by atoms with Gasteiger partial charge in [0.1, 0.15) is 6.07 Å². The largest absolute Gasteiger partial charge is 0.311 e. The molecule has 3 rings (SSSR count). The van der Waals surface area contributed by atoms with Crippen molar-refractivity contribution >= 4 is 0 Å². The van der Waals surface area contributed by atoms with E-state index < -0.39 is 5.41 Å². The molecule has 0 saturated carbocycles. The number of rotatable bonds is 1. The highest BCUT2D eigenvalue weighted by molar-refractivity contribution is 5.38. The maximum Gasteiger partial charge on any atom is 0.101 e. The molecule has 2 fully saturated rings. The number of hydrogen-bond acceptors (Lipinski definition) is 4. The normalized spacial score (nSPS) is 33.7. The number of hydrogen-bond donors (Lipinski definition) is 1. The second-order valence-electron chi connectivity index (χ2n) is 5.31. The monoisotopic (exact) mass is 238 g/mol. The van der Waals surface area contributed by atoms with E-state index in [1.165, 1.54) is 0 Å². The maximum atomic E-state index is 9.63. The van der Waals surface area contributed by atoms with Gasteiger partial charge >= 0.3 is 0 Å². The molecule has 2 saturated heterocycles. The second kappa shape index (κ2) is 4.08. The second-order valence-corrected chi connectivity index (χ2v) is 5.31. The zero-order valence-electron chi connectivity index (χ0n) is 10.1. The molecule has 1 aromatic heterocycles. The van der Waals surface area contributed by atoms with Crippen LogP contribution in [0.25, 0.3) is 0 Å². The van der Waals surface area contributed by atoms with Crippen molar-refractivity contribution in [1.29, 1.82) is 10.5 Å². The first-order valence-electron chi connectivity index (χ1n) is 6.29. The van der Waals surface area contributed by atoms with Gasteiger partial charge in [-0.3, -0.25) is 4.98 Å². The Hall–Kier alpha value is -1.91. The van der Waals surface area contributed by atoms with Crippen LogP contribution >= 0.6 is 0 Å². The van der Waals surface area contributed by atoms with E-state index in [-0.39, 0.29) is 0 Å². The van der Waals surface area contributed by atoms with E-state index in [9.17, 15) is 5.26 Å². The summed E-state index contributed by atoms with van der Waals surface area (Å²) in [7, 11) is 0. The molecular formula is C14H14N4. The minimum absolute atomic E-state index is 0.439. The standard InChI is InChI=1S/C14H14N4/c15-6-10-3-11(8-17-7-10)14(9-16)4-12-1-2-13(5-14)18-12/h3,7-8,12-13,18H,1-2,4-5H2. The Balaban J connectivity index is 2.02. The van der Waals surface area contributed by atoms with Crippen molar-refractivity contribution in [2.45, 2.75) is 43.2 Å². The van der Waals surface area contributed by atoms with Crippen LogP contribution in [0.2, 0.25) is 0 Å². The van der Waals surface area contributed by atoms with E-state index in [0.29, 0.717) is 17.6 Å². The molecule has 2 atom stereocenters.